The van der Waals surface area contributed by atoms with Crippen LogP contribution in [-0.2, 0) is 12.8 Å². The zero-order valence-corrected chi connectivity index (χ0v) is 13.6. The van der Waals surface area contributed by atoms with Crippen LogP contribution in [0.2, 0.25) is 0 Å². The Morgan fingerprint density at radius 1 is 1.26 bits per heavy atom. The quantitative estimate of drug-likeness (QED) is 0.762. The smallest absolute Gasteiger partial charge is 0.0605 e. The van der Waals surface area contributed by atoms with Crippen molar-refractivity contribution in [2.45, 2.75) is 38.6 Å². The highest BCUT2D eigenvalue weighted by atomic mass is 14.9. The summed E-state index contributed by atoms with van der Waals surface area (Å²) in [5, 5.41) is 5.11. The van der Waals surface area contributed by atoms with Crippen LogP contribution in [0.3, 0.4) is 0 Å². The van der Waals surface area contributed by atoms with Crippen LogP contribution >= 0.6 is 0 Å². The monoisotopic (exact) mass is 305 g/mol. The first kappa shape index (κ1) is 14.5. The van der Waals surface area contributed by atoms with Crippen molar-refractivity contribution in [1.82, 2.24) is 15.3 Å². The predicted octanol–water partition coefficient (Wildman–Crippen LogP) is 4.08. The van der Waals surface area contributed by atoms with E-state index in [4.69, 9.17) is 0 Å². The average Bonchev–Trinajstić information content (AvgIpc) is 3.00. The van der Waals surface area contributed by atoms with Gasteiger partial charge in [0.15, 0.2) is 0 Å². The third-order valence-electron chi connectivity index (χ3n) is 4.98. The number of hydrogen-bond acceptors (Lipinski definition) is 2. The first-order valence-electron chi connectivity index (χ1n) is 8.55. The lowest BCUT2D eigenvalue weighted by atomic mass is 9.92. The van der Waals surface area contributed by atoms with Gasteiger partial charge in [-0.2, -0.15) is 0 Å². The Balaban J connectivity index is 1.46. The molecule has 3 aromatic rings. The van der Waals surface area contributed by atoms with E-state index in [0.717, 1.165) is 13.0 Å². The molecule has 0 saturated heterocycles. The van der Waals surface area contributed by atoms with Crippen LogP contribution in [0.5, 0.6) is 0 Å². The highest BCUT2D eigenvalue weighted by Gasteiger charge is 2.20. The number of nitrogens with zero attached hydrogens (tertiary/aromatic N) is 1. The van der Waals surface area contributed by atoms with Crippen LogP contribution in [0.15, 0.2) is 42.7 Å². The Labute approximate surface area is 137 Å². The Bertz CT molecular complexity index is 819. The second kappa shape index (κ2) is 6.17. The van der Waals surface area contributed by atoms with Crippen molar-refractivity contribution in [2.75, 3.05) is 6.54 Å². The zero-order chi connectivity index (χ0) is 15.6. The summed E-state index contributed by atoms with van der Waals surface area (Å²) in [6, 6.07) is 11.1. The predicted molar refractivity (Wildman–Crippen MR) is 94.7 cm³/mol. The summed E-state index contributed by atoms with van der Waals surface area (Å²) in [7, 11) is 0. The fourth-order valence-corrected chi connectivity index (χ4v) is 3.84. The molecule has 1 aliphatic carbocycles. The molecule has 23 heavy (non-hydrogen) atoms. The number of rotatable bonds is 4. The van der Waals surface area contributed by atoms with Crippen molar-refractivity contribution in [3.63, 3.8) is 0 Å². The molecule has 2 N–H and O–H groups in total. The molecule has 2 heterocycles. The number of aromatic amines is 1. The van der Waals surface area contributed by atoms with Gasteiger partial charge in [0.2, 0.25) is 0 Å². The van der Waals surface area contributed by atoms with E-state index in [2.05, 4.69) is 58.7 Å². The minimum atomic E-state index is 0.409. The topological polar surface area (TPSA) is 40.7 Å². The molecule has 2 aromatic heterocycles. The maximum absolute atomic E-state index is 4.61. The number of aryl methyl sites for hydroxylation is 2. The zero-order valence-electron chi connectivity index (χ0n) is 13.6. The van der Waals surface area contributed by atoms with Crippen LogP contribution < -0.4 is 5.32 Å². The van der Waals surface area contributed by atoms with Gasteiger partial charge in [-0.05, 0) is 68.0 Å². The van der Waals surface area contributed by atoms with Gasteiger partial charge in [-0.3, -0.25) is 4.98 Å². The van der Waals surface area contributed by atoms with Gasteiger partial charge in [0.25, 0.3) is 0 Å². The summed E-state index contributed by atoms with van der Waals surface area (Å²) >= 11 is 0. The van der Waals surface area contributed by atoms with Gasteiger partial charge in [0.1, 0.15) is 0 Å². The molecular weight excluding hydrogens is 282 g/mol. The molecular formula is C20H23N3. The minimum Gasteiger partial charge on any atom is -0.361 e. The first-order valence-corrected chi connectivity index (χ1v) is 8.55. The van der Waals surface area contributed by atoms with Crippen molar-refractivity contribution in [1.29, 1.82) is 0 Å². The number of fused-ring (bicyclic) bond motifs is 2. The van der Waals surface area contributed by atoms with Gasteiger partial charge < -0.3 is 10.3 Å². The molecule has 0 fully saturated rings. The Hall–Kier alpha value is -2.13. The summed E-state index contributed by atoms with van der Waals surface area (Å²) in [5.41, 5.74) is 6.67. The molecule has 0 saturated carbocycles. The summed E-state index contributed by atoms with van der Waals surface area (Å²) in [6.45, 7) is 3.18. The largest absolute Gasteiger partial charge is 0.361 e. The van der Waals surface area contributed by atoms with E-state index in [1.54, 1.807) is 0 Å². The summed E-state index contributed by atoms with van der Waals surface area (Å²) in [5.74, 6) is 0. The lowest BCUT2D eigenvalue weighted by Crippen LogP contribution is -2.28. The van der Waals surface area contributed by atoms with Gasteiger partial charge in [-0.25, -0.2) is 0 Å². The van der Waals surface area contributed by atoms with Crippen LogP contribution in [0, 0.1) is 6.92 Å². The fourth-order valence-electron chi connectivity index (χ4n) is 3.84. The van der Waals surface area contributed by atoms with Crippen LogP contribution in [0.25, 0.3) is 10.9 Å². The van der Waals surface area contributed by atoms with Gasteiger partial charge in [0.05, 0.1) is 5.69 Å². The highest BCUT2D eigenvalue weighted by Crippen LogP contribution is 2.28. The SMILES string of the molecule is Cc1cccc2[nH]cc(CCNC3CCCc4cccnc43)c12. The summed E-state index contributed by atoms with van der Waals surface area (Å²) < 4.78 is 0. The second-order valence-corrected chi connectivity index (χ2v) is 6.51. The van der Waals surface area contributed by atoms with Crippen molar-refractivity contribution >= 4 is 10.9 Å². The minimum absolute atomic E-state index is 0.409. The molecule has 0 radical (unpaired) electrons. The van der Waals surface area contributed by atoms with Crippen molar-refractivity contribution in [3.8, 4) is 0 Å². The van der Waals surface area contributed by atoms with E-state index in [0.29, 0.717) is 6.04 Å². The Kier molecular flexibility index (Phi) is 3.88. The molecule has 1 aliphatic rings. The maximum Gasteiger partial charge on any atom is 0.0605 e. The lowest BCUT2D eigenvalue weighted by molar-refractivity contribution is 0.452. The van der Waals surface area contributed by atoms with Crippen LogP contribution in [-0.4, -0.2) is 16.5 Å². The van der Waals surface area contributed by atoms with Crippen molar-refractivity contribution in [3.05, 3.63) is 65.1 Å². The highest BCUT2D eigenvalue weighted by molar-refractivity contribution is 5.86. The number of hydrogen-bond donors (Lipinski definition) is 2. The normalized spacial score (nSPS) is 17.3. The number of H-pyrrole nitrogens is 1. The summed E-state index contributed by atoms with van der Waals surface area (Å²) in [6.07, 6.45) is 8.74. The number of benzene rings is 1. The molecule has 118 valence electrons. The summed E-state index contributed by atoms with van der Waals surface area (Å²) in [4.78, 5) is 8.00. The van der Waals surface area contributed by atoms with E-state index in [9.17, 15) is 0 Å². The van der Waals surface area contributed by atoms with Crippen LogP contribution in [0.1, 0.15) is 41.3 Å². The van der Waals surface area contributed by atoms with E-state index in [-0.39, 0.29) is 0 Å². The molecule has 1 atom stereocenters. The number of nitrogens with one attached hydrogen (secondary N) is 2. The standard InChI is InChI=1S/C20H23N3/c1-14-5-2-8-17-19(14)16(13-23-17)10-12-21-18-9-3-6-15-7-4-11-22-20(15)18/h2,4-5,7-8,11,13,18,21,23H,3,6,9-10,12H2,1H3. The average molecular weight is 305 g/mol. The lowest BCUT2D eigenvalue weighted by Gasteiger charge is -2.25. The second-order valence-electron chi connectivity index (χ2n) is 6.51. The molecule has 0 spiro atoms. The van der Waals surface area contributed by atoms with E-state index in [1.165, 1.54) is 52.5 Å². The first-order chi connectivity index (χ1) is 11.3. The van der Waals surface area contributed by atoms with E-state index >= 15 is 0 Å². The molecule has 1 aromatic carbocycles. The fraction of sp³-hybridized carbons (Fsp3) is 0.350. The maximum atomic E-state index is 4.61. The van der Waals surface area contributed by atoms with Gasteiger partial charge in [-0.1, -0.05) is 18.2 Å². The van der Waals surface area contributed by atoms with E-state index < -0.39 is 0 Å². The molecule has 0 aliphatic heterocycles. The Morgan fingerprint density at radius 3 is 3.17 bits per heavy atom. The molecule has 3 nitrogen and oxygen atoms in total. The molecule has 0 bridgehead atoms. The van der Waals surface area contributed by atoms with Crippen LogP contribution in [0.4, 0.5) is 0 Å². The van der Waals surface area contributed by atoms with Gasteiger partial charge >= 0.3 is 0 Å². The van der Waals surface area contributed by atoms with E-state index in [1.807, 2.05) is 6.20 Å². The number of pyridine rings is 1. The third kappa shape index (κ3) is 2.77. The molecule has 1 unspecified atom stereocenters. The van der Waals surface area contributed by atoms with Crippen molar-refractivity contribution < 1.29 is 0 Å². The number of aromatic nitrogens is 2. The molecule has 4 rings (SSSR count). The molecule has 0 amide bonds. The Morgan fingerprint density at radius 2 is 2.22 bits per heavy atom. The van der Waals surface area contributed by atoms with Gasteiger partial charge in [-0.15, -0.1) is 0 Å². The van der Waals surface area contributed by atoms with Crippen molar-refractivity contribution in [2.24, 2.45) is 0 Å². The third-order valence-corrected chi connectivity index (χ3v) is 4.98. The van der Waals surface area contributed by atoms with Gasteiger partial charge in [0, 0.05) is 29.3 Å². The molecule has 3 heteroatoms.